The normalized spacial score (nSPS) is 10.4. The number of nitrogens with zero attached hydrogens (tertiary/aromatic N) is 1. The second-order valence-corrected chi connectivity index (χ2v) is 3.17. The molecule has 0 spiro atoms. The highest BCUT2D eigenvalue weighted by atomic mass is 35.5. The average molecular weight is 175 g/mol. The van der Waals surface area contributed by atoms with E-state index in [1.165, 1.54) is 0 Å². The highest BCUT2D eigenvalue weighted by molar-refractivity contribution is 6.27. The van der Waals surface area contributed by atoms with Crippen LogP contribution in [0.2, 0.25) is 0 Å². The van der Waals surface area contributed by atoms with E-state index in [-0.39, 0.29) is 11.8 Å². The first-order valence-electron chi connectivity index (χ1n) is 3.26. The molecular formula is C7H11ClN2O. The minimum Gasteiger partial charge on any atom is -0.353 e. The van der Waals surface area contributed by atoms with Crippen LogP contribution in [0.1, 0.15) is 13.8 Å². The summed E-state index contributed by atoms with van der Waals surface area (Å²) >= 11 is 5.23. The first-order chi connectivity index (χ1) is 5.02. The van der Waals surface area contributed by atoms with Gasteiger partial charge in [-0.15, -0.1) is 11.6 Å². The summed E-state index contributed by atoms with van der Waals surface area (Å²) in [7, 11) is 0. The first kappa shape index (κ1) is 10.2. The van der Waals surface area contributed by atoms with E-state index in [1.54, 1.807) is 13.8 Å². The molecule has 0 heterocycles. The Morgan fingerprint density at radius 1 is 1.73 bits per heavy atom. The quantitative estimate of drug-likeness (QED) is 0.647. The molecule has 62 valence electrons. The monoisotopic (exact) mass is 174 g/mol. The van der Waals surface area contributed by atoms with E-state index in [2.05, 4.69) is 11.4 Å². The fourth-order valence-electron chi connectivity index (χ4n) is 0.406. The number of hydrogen-bond donors (Lipinski definition) is 1. The lowest BCUT2D eigenvalue weighted by Crippen LogP contribution is -2.33. The molecular weight excluding hydrogens is 164 g/mol. The summed E-state index contributed by atoms with van der Waals surface area (Å²) in [4.78, 5) is 10.6. The zero-order chi connectivity index (χ0) is 8.91. The molecule has 0 aliphatic carbocycles. The van der Waals surface area contributed by atoms with E-state index in [9.17, 15) is 4.79 Å². The zero-order valence-electron chi connectivity index (χ0n) is 6.65. The van der Waals surface area contributed by atoms with Crippen molar-refractivity contribution in [1.82, 2.24) is 5.32 Å². The average Bonchev–Trinajstić information content (AvgIpc) is 2.00. The molecule has 0 aromatic carbocycles. The van der Waals surface area contributed by atoms with Gasteiger partial charge in [0, 0.05) is 6.54 Å². The van der Waals surface area contributed by atoms with Gasteiger partial charge in [-0.25, -0.2) is 0 Å². The Labute approximate surface area is 71.3 Å². The number of alkyl halides is 1. The van der Waals surface area contributed by atoms with Crippen LogP contribution in [-0.2, 0) is 4.79 Å². The predicted molar refractivity (Wildman–Crippen MR) is 43.1 cm³/mol. The van der Waals surface area contributed by atoms with Crippen molar-refractivity contribution in [1.29, 1.82) is 5.26 Å². The molecule has 0 bridgehead atoms. The number of nitriles is 1. The largest absolute Gasteiger partial charge is 0.353 e. The SMILES string of the molecule is CC(C)(C#N)CNC(=O)CCl. The van der Waals surface area contributed by atoms with Gasteiger partial charge in [0.15, 0.2) is 0 Å². The summed E-state index contributed by atoms with van der Waals surface area (Å²) in [5, 5.41) is 11.1. The Morgan fingerprint density at radius 2 is 2.27 bits per heavy atom. The Hall–Kier alpha value is -0.750. The van der Waals surface area contributed by atoms with E-state index < -0.39 is 5.41 Å². The Kier molecular flexibility index (Phi) is 3.91. The molecule has 1 amide bonds. The van der Waals surface area contributed by atoms with Crippen LogP contribution < -0.4 is 5.32 Å². The van der Waals surface area contributed by atoms with Crippen LogP contribution in [0.3, 0.4) is 0 Å². The van der Waals surface area contributed by atoms with Gasteiger partial charge in [0.05, 0.1) is 11.5 Å². The van der Waals surface area contributed by atoms with E-state index in [0.717, 1.165) is 0 Å². The summed E-state index contributed by atoms with van der Waals surface area (Å²) in [6.07, 6.45) is 0. The maximum absolute atomic E-state index is 10.6. The van der Waals surface area contributed by atoms with Gasteiger partial charge in [-0.1, -0.05) is 0 Å². The molecule has 1 N–H and O–H groups in total. The van der Waals surface area contributed by atoms with Crippen LogP contribution in [0, 0.1) is 16.7 Å². The molecule has 4 heteroatoms. The molecule has 0 fully saturated rings. The Bertz CT molecular complexity index is 183. The number of halogens is 1. The van der Waals surface area contributed by atoms with Gasteiger partial charge in [0.1, 0.15) is 5.88 Å². The molecule has 0 saturated carbocycles. The number of rotatable bonds is 3. The Balaban J connectivity index is 3.72. The number of carbonyl (C=O) groups excluding carboxylic acids is 1. The van der Waals surface area contributed by atoms with E-state index in [4.69, 9.17) is 16.9 Å². The van der Waals surface area contributed by atoms with Crippen molar-refractivity contribution in [2.75, 3.05) is 12.4 Å². The summed E-state index contributed by atoms with van der Waals surface area (Å²) in [6.45, 7) is 3.85. The molecule has 0 saturated heterocycles. The third-order valence-electron chi connectivity index (χ3n) is 1.15. The van der Waals surface area contributed by atoms with Crippen molar-refractivity contribution < 1.29 is 4.79 Å². The summed E-state index contributed by atoms with van der Waals surface area (Å²) in [5.41, 5.74) is -0.512. The molecule has 0 aliphatic heterocycles. The third-order valence-corrected chi connectivity index (χ3v) is 1.39. The molecule has 0 radical (unpaired) electrons. The number of amides is 1. The number of hydrogen-bond acceptors (Lipinski definition) is 2. The van der Waals surface area contributed by atoms with Gasteiger partial charge >= 0.3 is 0 Å². The molecule has 0 atom stereocenters. The highest BCUT2D eigenvalue weighted by Gasteiger charge is 2.16. The number of nitrogens with one attached hydrogen (secondary N) is 1. The van der Waals surface area contributed by atoms with Gasteiger partial charge in [0.25, 0.3) is 0 Å². The van der Waals surface area contributed by atoms with Crippen LogP contribution in [0.15, 0.2) is 0 Å². The van der Waals surface area contributed by atoms with Crippen molar-refractivity contribution in [3.05, 3.63) is 0 Å². The molecule has 0 unspecified atom stereocenters. The van der Waals surface area contributed by atoms with Gasteiger partial charge in [-0.2, -0.15) is 5.26 Å². The Morgan fingerprint density at radius 3 is 2.64 bits per heavy atom. The van der Waals surface area contributed by atoms with Gasteiger partial charge in [-0.05, 0) is 13.8 Å². The van der Waals surface area contributed by atoms with Crippen molar-refractivity contribution in [3.8, 4) is 6.07 Å². The van der Waals surface area contributed by atoms with Crippen molar-refractivity contribution in [3.63, 3.8) is 0 Å². The number of carbonyl (C=O) groups is 1. The second-order valence-electron chi connectivity index (χ2n) is 2.91. The van der Waals surface area contributed by atoms with Gasteiger partial charge < -0.3 is 5.32 Å². The molecule has 0 rings (SSSR count). The predicted octanol–water partition coefficient (Wildman–Crippen LogP) is 0.891. The van der Waals surface area contributed by atoms with E-state index in [0.29, 0.717) is 6.54 Å². The fourth-order valence-corrected chi connectivity index (χ4v) is 0.501. The molecule has 3 nitrogen and oxygen atoms in total. The molecule has 11 heavy (non-hydrogen) atoms. The van der Waals surface area contributed by atoms with Crippen molar-refractivity contribution in [2.24, 2.45) is 5.41 Å². The molecule has 0 aromatic rings. The van der Waals surface area contributed by atoms with Crippen LogP contribution in [-0.4, -0.2) is 18.3 Å². The van der Waals surface area contributed by atoms with Crippen molar-refractivity contribution in [2.45, 2.75) is 13.8 Å². The first-order valence-corrected chi connectivity index (χ1v) is 3.79. The van der Waals surface area contributed by atoms with E-state index >= 15 is 0 Å². The lowest BCUT2D eigenvalue weighted by Gasteiger charge is -2.14. The second kappa shape index (κ2) is 4.20. The maximum Gasteiger partial charge on any atom is 0.234 e. The summed E-state index contributed by atoms with van der Waals surface area (Å²) in [6, 6.07) is 2.06. The summed E-state index contributed by atoms with van der Waals surface area (Å²) in [5.74, 6) is -0.295. The lowest BCUT2D eigenvalue weighted by molar-refractivity contribution is -0.118. The minimum atomic E-state index is -0.512. The van der Waals surface area contributed by atoms with Gasteiger partial charge in [-0.3, -0.25) is 4.79 Å². The van der Waals surface area contributed by atoms with Crippen LogP contribution in [0.25, 0.3) is 0 Å². The van der Waals surface area contributed by atoms with E-state index in [1.807, 2.05) is 0 Å². The fraction of sp³-hybridized carbons (Fsp3) is 0.714. The van der Waals surface area contributed by atoms with Crippen LogP contribution >= 0.6 is 11.6 Å². The zero-order valence-corrected chi connectivity index (χ0v) is 7.40. The maximum atomic E-state index is 10.6. The van der Waals surface area contributed by atoms with Crippen LogP contribution in [0.4, 0.5) is 0 Å². The van der Waals surface area contributed by atoms with Gasteiger partial charge in [0.2, 0.25) is 5.91 Å². The highest BCUT2D eigenvalue weighted by Crippen LogP contribution is 2.10. The minimum absolute atomic E-state index is 0.0541. The van der Waals surface area contributed by atoms with Crippen LogP contribution in [0.5, 0.6) is 0 Å². The smallest absolute Gasteiger partial charge is 0.234 e. The van der Waals surface area contributed by atoms with Crippen molar-refractivity contribution >= 4 is 17.5 Å². The topological polar surface area (TPSA) is 52.9 Å². The lowest BCUT2D eigenvalue weighted by atomic mass is 9.96. The summed E-state index contributed by atoms with van der Waals surface area (Å²) < 4.78 is 0. The standard InChI is InChI=1S/C7H11ClN2O/c1-7(2,4-9)5-10-6(11)3-8/h3,5H2,1-2H3,(H,10,11). The molecule has 0 aromatic heterocycles. The molecule has 0 aliphatic rings. The third kappa shape index (κ3) is 4.63.